The van der Waals surface area contributed by atoms with Crippen LogP contribution in [0.15, 0.2) is 101 Å². The Labute approximate surface area is 282 Å². The number of aromatic nitrogens is 1. The van der Waals surface area contributed by atoms with E-state index in [2.05, 4.69) is 10.3 Å². The molecule has 4 aliphatic rings. The van der Waals surface area contributed by atoms with Crippen LogP contribution in [0.4, 0.5) is 15.8 Å². The van der Waals surface area contributed by atoms with Crippen LogP contribution >= 0.6 is 23.1 Å². The minimum atomic E-state index is -0.492. The third-order valence-electron chi connectivity index (χ3n) is 10.5. The first-order chi connectivity index (χ1) is 23.4. The number of imide groups is 1. The van der Waals surface area contributed by atoms with Crippen LogP contribution in [0.25, 0.3) is 10.8 Å². The lowest BCUT2D eigenvalue weighted by Crippen LogP contribution is -2.42. The predicted octanol–water partition coefficient (Wildman–Crippen LogP) is 6.42. The maximum absolute atomic E-state index is 14.0. The van der Waals surface area contributed by atoms with Gasteiger partial charge in [0.2, 0.25) is 11.8 Å². The molecule has 2 saturated carbocycles. The zero-order valence-corrected chi connectivity index (χ0v) is 26.9. The first-order valence-electron chi connectivity index (χ1n) is 15.9. The van der Waals surface area contributed by atoms with Gasteiger partial charge in [0.25, 0.3) is 5.91 Å². The fourth-order valence-corrected chi connectivity index (χ4v) is 11.6. The maximum atomic E-state index is 14.0. The lowest BCUT2D eigenvalue weighted by Gasteiger charge is -2.43. The SMILES string of the molecule is O=C(COc1ccccc1[C@H]1c2sc(=O)[nH]c2SC2C1[C@H]1C[C@@H]2C2C(=O)N(c3ccc(F)cc3)C(=O)C21)Nc1cccc2ccccc12. The van der Waals surface area contributed by atoms with E-state index < -0.39 is 17.7 Å². The number of aromatic amines is 1. The molecule has 3 fully saturated rings. The van der Waals surface area contributed by atoms with Gasteiger partial charge in [-0.2, -0.15) is 0 Å². The standard InChI is InChI=1S/C37H28FN3O5S2/c38-19-12-14-20(15-13-19)41-35(43)30-23-16-24(31(30)36(41)44)32-29(23)28(33-34(47-32)40-37(45)48-33)22-9-3-4-11-26(22)46-17-27(42)39-25-10-5-7-18-6-1-2-8-21(18)25/h1-15,23-24,28-32H,16-17H2,(H,39,42)(H,40,45)/t23-,24-,28-,29?,30?,31?,32?/m1/s1. The van der Waals surface area contributed by atoms with Crippen molar-refractivity contribution in [3.05, 3.63) is 117 Å². The van der Waals surface area contributed by atoms with Gasteiger partial charge >= 0.3 is 4.87 Å². The highest BCUT2D eigenvalue weighted by Crippen LogP contribution is 2.69. The van der Waals surface area contributed by atoms with Gasteiger partial charge < -0.3 is 15.0 Å². The van der Waals surface area contributed by atoms with Gasteiger partial charge in [0.15, 0.2) is 6.61 Å². The smallest absolute Gasteiger partial charge is 0.305 e. The normalized spacial score (nSPS) is 26.8. The van der Waals surface area contributed by atoms with E-state index in [1.807, 2.05) is 66.7 Å². The quantitative estimate of drug-likeness (QED) is 0.201. The second-order valence-electron chi connectivity index (χ2n) is 12.9. The van der Waals surface area contributed by atoms with Crippen LogP contribution in [-0.2, 0) is 14.4 Å². The Kier molecular flexibility index (Phi) is 6.84. The molecule has 9 rings (SSSR count). The van der Waals surface area contributed by atoms with Gasteiger partial charge in [-0.15, -0.1) is 11.8 Å². The van der Waals surface area contributed by atoms with Crippen molar-refractivity contribution in [2.75, 3.05) is 16.8 Å². The topological polar surface area (TPSA) is 109 Å². The molecule has 240 valence electrons. The molecule has 1 aromatic heterocycles. The minimum Gasteiger partial charge on any atom is -0.483 e. The van der Waals surface area contributed by atoms with E-state index in [4.69, 9.17) is 4.74 Å². The van der Waals surface area contributed by atoms with Gasteiger partial charge in [-0.3, -0.25) is 24.1 Å². The summed E-state index contributed by atoms with van der Waals surface area (Å²) in [6.07, 6.45) is 0.735. The van der Waals surface area contributed by atoms with Gasteiger partial charge in [0, 0.05) is 32.7 Å². The number of ether oxygens (including phenoxy) is 1. The number of amides is 3. The number of hydrogen-bond acceptors (Lipinski definition) is 7. The summed E-state index contributed by atoms with van der Waals surface area (Å²) in [6.45, 7) is -0.220. The van der Waals surface area contributed by atoms with Gasteiger partial charge in [-0.05, 0) is 66.0 Å². The van der Waals surface area contributed by atoms with Gasteiger partial charge in [-0.1, -0.05) is 65.9 Å². The summed E-state index contributed by atoms with van der Waals surface area (Å²) in [6, 6.07) is 26.6. The largest absolute Gasteiger partial charge is 0.483 e. The molecule has 11 heteroatoms. The number of nitrogens with zero attached hydrogens (tertiary/aromatic N) is 1. The average Bonchev–Trinajstić information content (AvgIpc) is 3.83. The van der Waals surface area contributed by atoms with Gasteiger partial charge in [0.05, 0.1) is 22.5 Å². The fourth-order valence-electron chi connectivity index (χ4n) is 8.74. The molecule has 3 heterocycles. The molecule has 3 amide bonds. The molecule has 2 aliphatic heterocycles. The van der Waals surface area contributed by atoms with Crippen molar-refractivity contribution in [3.8, 4) is 5.75 Å². The summed E-state index contributed by atoms with van der Waals surface area (Å²) in [5, 5.41) is 5.71. The van der Waals surface area contributed by atoms with Crippen molar-refractivity contribution in [1.82, 2.24) is 4.98 Å². The summed E-state index contributed by atoms with van der Waals surface area (Å²) in [5.41, 5.74) is 1.93. The van der Waals surface area contributed by atoms with Crippen LogP contribution in [0.5, 0.6) is 5.75 Å². The first kappa shape index (κ1) is 29.4. The van der Waals surface area contributed by atoms with Crippen LogP contribution < -0.4 is 19.8 Å². The Morgan fingerprint density at radius 2 is 1.62 bits per heavy atom. The van der Waals surface area contributed by atoms with Crippen molar-refractivity contribution in [2.45, 2.75) is 22.6 Å². The molecule has 48 heavy (non-hydrogen) atoms. The zero-order valence-electron chi connectivity index (χ0n) is 25.3. The summed E-state index contributed by atoms with van der Waals surface area (Å²) >= 11 is 2.77. The number of fused-ring (bicyclic) bond motifs is 10. The molecule has 5 aromatic rings. The molecule has 4 unspecified atom stereocenters. The first-order valence-corrected chi connectivity index (χ1v) is 17.6. The van der Waals surface area contributed by atoms with E-state index in [0.29, 0.717) is 17.1 Å². The third-order valence-corrected chi connectivity index (χ3v) is 13.1. The lowest BCUT2D eigenvalue weighted by atomic mass is 9.68. The minimum absolute atomic E-state index is 0.00775. The third kappa shape index (κ3) is 4.47. The van der Waals surface area contributed by atoms with Crippen molar-refractivity contribution >= 4 is 63.0 Å². The molecular weight excluding hydrogens is 650 g/mol. The van der Waals surface area contributed by atoms with Crippen LogP contribution in [0.2, 0.25) is 0 Å². The van der Waals surface area contributed by atoms with E-state index in [9.17, 15) is 23.6 Å². The van der Waals surface area contributed by atoms with Crippen molar-refractivity contribution in [1.29, 1.82) is 0 Å². The Bertz CT molecular complexity index is 2190. The van der Waals surface area contributed by atoms with Crippen molar-refractivity contribution < 1.29 is 23.5 Å². The number of nitrogens with one attached hydrogen (secondary N) is 2. The molecule has 2 aliphatic carbocycles. The maximum Gasteiger partial charge on any atom is 0.305 e. The number of hydrogen-bond donors (Lipinski definition) is 2. The predicted molar refractivity (Wildman–Crippen MR) is 182 cm³/mol. The van der Waals surface area contributed by atoms with Crippen LogP contribution in [-0.4, -0.2) is 34.6 Å². The van der Waals surface area contributed by atoms with E-state index in [-0.39, 0.29) is 58.1 Å². The molecule has 4 aromatic carbocycles. The number of carbonyl (C=O) groups is 3. The molecular formula is C37H28FN3O5S2. The molecule has 2 bridgehead atoms. The zero-order chi connectivity index (χ0) is 32.7. The number of thiazole rings is 1. The van der Waals surface area contributed by atoms with E-state index in [0.717, 1.165) is 32.7 Å². The number of carbonyl (C=O) groups excluding carboxylic acids is 3. The molecule has 2 N–H and O–H groups in total. The molecule has 7 atom stereocenters. The highest BCUT2D eigenvalue weighted by Gasteiger charge is 2.69. The fraction of sp³-hybridized carbons (Fsp3) is 0.243. The number of H-pyrrole nitrogens is 1. The number of anilines is 2. The van der Waals surface area contributed by atoms with Crippen molar-refractivity contribution in [3.63, 3.8) is 0 Å². The number of rotatable bonds is 6. The number of para-hydroxylation sites is 1. The van der Waals surface area contributed by atoms with Gasteiger partial charge in [-0.25, -0.2) is 4.39 Å². The molecule has 8 nitrogen and oxygen atoms in total. The molecule has 0 radical (unpaired) electrons. The molecule has 1 saturated heterocycles. The Morgan fingerprint density at radius 3 is 2.46 bits per heavy atom. The van der Waals surface area contributed by atoms with E-state index in [1.54, 1.807) is 11.8 Å². The summed E-state index contributed by atoms with van der Waals surface area (Å²) in [7, 11) is 0. The summed E-state index contributed by atoms with van der Waals surface area (Å²) in [5.74, 6) is -2.10. The van der Waals surface area contributed by atoms with E-state index >= 15 is 0 Å². The number of benzene rings is 4. The Hall–Kier alpha value is -4.74. The Morgan fingerprint density at radius 1 is 0.896 bits per heavy atom. The Balaban J connectivity index is 1.03. The highest BCUT2D eigenvalue weighted by atomic mass is 32.2. The van der Waals surface area contributed by atoms with Crippen molar-refractivity contribution in [2.24, 2.45) is 29.6 Å². The summed E-state index contributed by atoms with van der Waals surface area (Å²) < 4.78 is 19.9. The number of halogens is 1. The van der Waals surface area contributed by atoms with Crippen LogP contribution in [0.1, 0.15) is 22.8 Å². The molecule has 0 spiro atoms. The average molecular weight is 678 g/mol. The van der Waals surface area contributed by atoms with Gasteiger partial charge in [0.1, 0.15) is 11.6 Å². The monoisotopic (exact) mass is 677 g/mol. The lowest BCUT2D eigenvalue weighted by molar-refractivity contribution is -0.123. The second kappa shape index (κ2) is 11.2. The van der Waals surface area contributed by atoms with E-state index in [1.165, 1.54) is 40.5 Å². The number of thioether (sulfide) groups is 1. The highest BCUT2D eigenvalue weighted by molar-refractivity contribution is 8.00. The van der Waals surface area contributed by atoms with Crippen LogP contribution in [0.3, 0.4) is 0 Å². The van der Waals surface area contributed by atoms with Crippen LogP contribution in [0, 0.1) is 35.4 Å². The second-order valence-corrected chi connectivity index (χ2v) is 15.1. The summed E-state index contributed by atoms with van der Waals surface area (Å²) in [4.78, 5) is 58.8.